The molecule has 16 heavy (non-hydrogen) atoms. The van der Waals surface area contributed by atoms with Crippen LogP contribution in [-0.2, 0) is 14.4 Å². The van der Waals surface area contributed by atoms with Crippen LogP contribution < -0.4 is 5.73 Å². The zero-order valence-corrected chi connectivity index (χ0v) is 11.3. The third kappa shape index (κ3) is 2.65. The van der Waals surface area contributed by atoms with Gasteiger partial charge in [0.1, 0.15) is 16.2 Å². The van der Waals surface area contributed by atoms with Crippen molar-refractivity contribution < 1.29 is 14.4 Å². The minimum absolute atomic E-state index is 0.156. The van der Waals surface area contributed by atoms with Crippen molar-refractivity contribution in [3.8, 4) is 0 Å². The second-order valence-electron chi connectivity index (χ2n) is 3.77. The van der Waals surface area contributed by atoms with Gasteiger partial charge in [0.25, 0.3) is 8.07 Å². The molecule has 0 aliphatic rings. The molecular formula is C11H21NO3Si. The van der Waals surface area contributed by atoms with Gasteiger partial charge >= 0.3 is 0 Å². The van der Waals surface area contributed by atoms with Crippen molar-refractivity contribution in [3.05, 3.63) is 0 Å². The minimum Gasteiger partial charge on any atom is -0.331 e. The highest BCUT2D eigenvalue weighted by atomic mass is 28.3. The lowest BCUT2D eigenvalue weighted by Gasteiger charge is -2.25. The number of carbonyl (C=O) groups excluding carboxylic acids is 3. The zero-order valence-electron chi connectivity index (χ0n) is 10.3. The smallest absolute Gasteiger partial charge is 0.280 e. The molecule has 0 aliphatic heterocycles. The van der Waals surface area contributed by atoms with Crippen LogP contribution in [0.4, 0.5) is 0 Å². The fourth-order valence-corrected chi connectivity index (χ4v) is 6.02. The molecule has 0 aromatic carbocycles. The van der Waals surface area contributed by atoms with Gasteiger partial charge in [-0.25, -0.2) is 0 Å². The van der Waals surface area contributed by atoms with Gasteiger partial charge in [-0.2, -0.15) is 0 Å². The summed E-state index contributed by atoms with van der Waals surface area (Å²) in [6.07, 6.45) is 0.761. The Kier molecular flexibility index (Phi) is 6.36. The van der Waals surface area contributed by atoms with Crippen molar-refractivity contribution in [2.75, 3.05) is 6.54 Å². The van der Waals surface area contributed by atoms with Crippen molar-refractivity contribution in [1.82, 2.24) is 0 Å². The Balaban J connectivity index is 5.47. The van der Waals surface area contributed by atoms with Crippen LogP contribution in [0.1, 0.15) is 40.0 Å². The molecule has 0 radical (unpaired) electrons. The van der Waals surface area contributed by atoms with Gasteiger partial charge < -0.3 is 20.1 Å². The van der Waals surface area contributed by atoms with Gasteiger partial charge in [0, 0.05) is 0 Å². The Morgan fingerprint density at radius 2 is 1.19 bits per heavy atom. The van der Waals surface area contributed by atoms with E-state index in [1.54, 1.807) is 20.8 Å². The van der Waals surface area contributed by atoms with Gasteiger partial charge in [0.2, 0.25) is 0 Å². The maximum atomic E-state index is 12.0. The Morgan fingerprint density at radius 3 is 1.38 bits per heavy atom. The Morgan fingerprint density at radius 1 is 0.875 bits per heavy atom. The first-order valence-corrected chi connectivity index (χ1v) is 8.01. The molecule has 92 valence electrons. The van der Waals surface area contributed by atoms with Gasteiger partial charge in [-0.3, -0.25) is 0 Å². The molecule has 4 nitrogen and oxygen atoms in total. The third-order valence-electron chi connectivity index (χ3n) is 2.91. The van der Waals surface area contributed by atoms with Gasteiger partial charge in [-0.1, -0.05) is 20.8 Å². The molecular weight excluding hydrogens is 222 g/mol. The summed E-state index contributed by atoms with van der Waals surface area (Å²) in [7, 11) is -3.15. The van der Waals surface area contributed by atoms with E-state index in [1.165, 1.54) is 0 Å². The van der Waals surface area contributed by atoms with Gasteiger partial charge in [0.15, 0.2) is 0 Å². The van der Waals surface area contributed by atoms with E-state index in [2.05, 4.69) is 0 Å². The summed E-state index contributed by atoms with van der Waals surface area (Å²) in [5.74, 6) is 0. The monoisotopic (exact) mass is 243 g/mol. The van der Waals surface area contributed by atoms with Crippen molar-refractivity contribution in [3.63, 3.8) is 0 Å². The number of hydrogen-bond donors (Lipinski definition) is 1. The lowest BCUT2D eigenvalue weighted by atomic mass is 10.5. The summed E-state index contributed by atoms with van der Waals surface area (Å²) in [5, 5.41) is -0.468. The summed E-state index contributed by atoms with van der Waals surface area (Å²) in [6.45, 7) is 5.33. The predicted molar refractivity (Wildman–Crippen MR) is 65.5 cm³/mol. The number of nitrogens with two attached hydrogens (primary N) is 1. The second-order valence-corrected chi connectivity index (χ2v) is 7.76. The molecule has 0 heterocycles. The first kappa shape index (κ1) is 15.2. The normalized spacial score (nSPS) is 11.2. The van der Waals surface area contributed by atoms with E-state index in [1.807, 2.05) is 0 Å². The van der Waals surface area contributed by atoms with E-state index in [4.69, 9.17) is 5.73 Å². The molecule has 0 saturated carbocycles. The fraction of sp³-hybridized carbons (Fsp3) is 0.727. The first-order chi connectivity index (χ1) is 7.50. The molecule has 0 atom stereocenters. The van der Waals surface area contributed by atoms with Crippen LogP contribution in [0.2, 0.25) is 6.04 Å². The van der Waals surface area contributed by atoms with E-state index in [0.717, 1.165) is 0 Å². The lowest BCUT2D eigenvalue weighted by molar-refractivity contribution is -0.119. The largest absolute Gasteiger partial charge is 0.331 e. The molecule has 0 bridgehead atoms. The average molecular weight is 243 g/mol. The van der Waals surface area contributed by atoms with E-state index >= 15 is 0 Å². The highest BCUT2D eigenvalue weighted by Gasteiger charge is 2.51. The summed E-state index contributed by atoms with van der Waals surface area (Å²) < 4.78 is 0. The summed E-state index contributed by atoms with van der Waals surface area (Å²) in [6, 6.07) is 0.277. The van der Waals surface area contributed by atoms with Crippen LogP contribution in [0.15, 0.2) is 0 Å². The Hall–Kier alpha value is -0.813. The molecule has 5 heteroatoms. The van der Waals surface area contributed by atoms with Crippen LogP contribution in [0, 0.1) is 0 Å². The van der Waals surface area contributed by atoms with Crippen LogP contribution >= 0.6 is 0 Å². The molecule has 0 saturated heterocycles. The third-order valence-corrected chi connectivity index (χ3v) is 7.87. The van der Waals surface area contributed by atoms with Gasteiger partial charge in [-0.05, 0) is 31.9 Å². The average Bonchev–Trinajstić information content (AvgIpc) is 2.32. The number of hydrogen-bond acceptors (Lipinski definition) is 4. The lowest BCUT2D eigenvalue weighted by Crippen LogP contribution is -2.60. The summed E-state index contributed by atoms with van der Waals surface area (Å²) in [4.78, 5) is 36.0. The van der Waals surface area contributed by atoms with Crippen molar-refractivity contribution in [1.29, 1.82) is 0 Å². The molecule has 0 fully saturated rings. The van der Waals surface area contributed by atoms with Crippen LogP contribution in [0.5, 0.6) is 0 Å². The number of carbonyl (C=O) groups is 3. The SMILES string of the molecule is CCC(=O)[Si](CCN)(C(=O)CC)C(=O)CC. The van der Waals surface area contributed by atoms with Crippen LogP contribution in [0.3, 0.4) is 0 Å². The topological polar surface area (TPSA) is 77.2 Å². The zero-order chi connectivity index (χ0) is 12.8. The molecule has 2 N–H and O–H groups in total. The van der Waals surface area contributed by atoms with Gasteiger partial charge in [-0.15, -0.1) is 0 Å². The highest BCUT2D eigenvalue weighted by Crippen LogP contribution is 2.19. The second kappa shape index (κ2) is 6.70. The highest BCUT2D eigenvalue weighted by molar-refractivity contribution is 7.40. The molecule has 0 unspecified atom stereocenters. The quantitative estimate of drug-likeness (QED) is 0.644. The van der Waals surface area contributed by atoms with Crippen molar-refractivity contribution in [2.24, 2.45) is 5.73 Å². The molecule has 0 aromatic heterocycles. The molecule has 0 rings (SSSR count). The Labute approximate surface area is 97.6 Å². The maximum Gasteiger partial charge on any atom is 0.280 e. The van der Waals surface area contributed by atoms with E-state index in [-0.39, 0.29) is 48.1 Å². The van der Waals surface area contributed by atoms with Crippen molar-refractivity contribution in [2.45, 2.75) is 46.1 Å². The van der Waals surface area contributed by atoms with E-state index in [0.29, 0.717) is 0 Å². The molecule has 0 spiro atoms. The standard InChI is InChI=1S/C11H21NO3Si/c1-4-9(13)16(8-7-12,10(14)5-2)11(15)6-3/h4-8,12H2,1-3H3. The predicted octanol–water partition coefficient (Wildman–Crippen LogP) is 0.949. The van der Waals surface area contributed by atoms with Crippen LogP contribution in [0.25, 0.3) is 0 Å². The number of rotatable bonds is 8. The molecule has 0 amide bonds. The fourth-order valence-electron chi connectivity index (χ4n) is 2.01. The minimum atomic E-state index is -3.15. The molecule has 0 aromatic rings. The van der Waals surface area contributed by atoms with Gasteiger partial charge in [0.05, 0.1) is 0 Å². The van der Waals surface area contributed by atoms with E-state index < -0.39 is 8.07 Å². The molecule has 0 aliphatic carbocycles. The maximum absolute atomic E-state index is 12.0. The summed E-state index contributed by atoms with van der Waals surface area (Å²) in [5.41, 5.74) is 5.47. The summed E-state index contributed by atoms with van der Waals surface area (Å²) >= 11 is 0. The van der Waals surface area contributed by atoms with Crippen molar-refractivity contribution >= 4 is 24.3 Å². The van der Waals surface area contributed by atoms with E-state index in [9.17, 15) is 14.4 Å². The van der Waals surface area contributed by atoms with Crippen LogP contribution in [-0.4, -0.2) is 30.8 Å². The first-order valence-electron chi connectivity index (χ1n) is 5.81. The Bertz CT molecular complexity index is 248.